The van der Waals surface area contributed by atoms with Crippen LogP contribution in [0.25, 0.3) is 0 Å². The second-order valence-corrected chi connectivity index (χ2v) is 8.85. The van der Waals surface area contributed by atoms with Crippen LogP contribution < -0.4 is 5.32 Å². The lowest BCUT2D eigenvalue weighted by Gasteiger charge is -2.25. The summed E-state index contributed by atoms with van der Waals surface area (Å²) in [6.07, 6.45) is 3.02. The Hall–Kier alpha value is -0.0900. The summed E-state index contributed by atoms with van der Waals surface area (Å²) in [7, 11) is -2.70. The Morgan fingerprint density at radius 1 is 1.25 bits per heavy atom. The number of rotatable bonds is 2. The first-order valence-corrected chi connectivity index (χ1v) is 8.00. The molecular weight excluding hydrogens is 222 g/mol. The van der Waals surface area contributed by atoms with E-state index >= 15 is 0 Å². The molecule has 3 nitrogen and oxygen atoms in total. The van der Waals surface area contributed by atoms with Gasteiger partial charge in [-0.25, -0.2) is 8.42 Å². The van der Waals surface area contributed by atoms with Crippen LogP contribution in [0.15, 0.2) is 0 Å². The molecule has 2 fully saturated rings. The molecule has 2 rings (SSSR count). The third-order valence-corrected chi connectivity index (χ3v) is 5.71. The topological polar surface area (TPSA) is 46.2 Å². The molecule has 0 aromatic rings. The fraction of sp³-hybridized carbons (Fsp3) is 1.00. The Morgan fingerprint density at radius 2 is 1.81 bits per heavy atom. The van der Waals surface area contributed by atoms with Gasteiger partial charge in [0, 0.05) is 5.54 Å². The molecule has 1 unspecified atom stereocenters. The van der Waals surface area contributed by atoms with Crippen LogP contribution in [0.4, 0.5) is 0 Å². The van der Waals surface area contributed by atoms with Crippen molar-refractivity contribution >= 4 is 9.84 Å². The van der Waals surface area contributed by atoms with Gasteiger partial charge in [0.2, 0.25) is 0 Å². The first-order chi connectivity index (χ1) is 7.23. The van der Waals surface area contributed by atoms with Gasteiger partial charge in [0.25, 0.3) is 0 Å². The largest absolute Gasteiger partial charge is 0.312 e. The number of hydrogen-bond acceptors (Lipinski definition) is 3. The molecule has 0 bridgehead atoms. The molecule has 1 saturated carbocycles. The summed E-state index contributed by atoms with van der Waals surface area (Å²) in [5, 5.41) is 3.53. The third-order valence-electron chi connectivity index (χ3n) is 4.06. The summed E-state index contributed by atoms with van der Waals surface area (Å²) in [5.74, 6) is 1.54. The molecular formula is C12H23NO2S. The van der Waals surface area contributed by atoms with Crippen LogP contribution in [-0.4, -0.2) is 32.0 Å². The average Bonchev–Trinajstić information content (AvgIpc) is 2.82. The Morgan fingerprint density at radius 3 is 2.31 bits per heavy atom. The second kappa shape index (κ2) is 3.70. The molecule has 0 aromatic carbocycles. The first-order valence-electron chi connectivity index (χ1n) is 6.18. The quantitative estimate of drug-likeness (QED) is 0.803. The van der Waals surface area contributed by atoms with E-state index in [1.54, 1.807) is 0 Å². The van der Waals surface area contributed by atoms with Crippen molar-refractivity contribution in [2.75, 3.05) is 18.1 Å². The zero-order valence-electron chi connectivity index (χ0n) is 10.5. The Bertz CT molecular complexity index is 353. The molecule has 94 valence electrons. The van der Waals surface area contributed by atoms with Crippen molar-refractivity contribution in [1.82, 2.24) is 5.32 Å². The first kappa shape index (κ1) is 12.4. The zero-order chi connectivity index (χ0) is 12.0. The van der Waals surface area contributed by atoms with Gasteiger partial charge >= 0.3 is 0 Å². The van der Waals surface area contributed by atoms with Gasteiger partial charge < -0.3 is 5.32 Å². The highest BCUT2D eigenvalue weighted by atomic mass is 32.2. The van der Waals surface area contributed by atoms with Crippen LogP contribution in [0.1, 0.15) is 40.0 Å². The fourth-order valence-electron chi connectivity index (χ4n) is 2.71. The maximum absolute atomic E-state index is 11.4. The van der Waals surface area contributed by atoms with Crippen LogP contribution in [0.2, 0.25) is 0 Å². The van der Waals surface area contributed by atoms with Gasteiger partial charge in [-0.15, -0.1) is 0 Å². The van der Waals surface area contributed by atoms with Crippen LogP contribution in [0.5, 0.6) is 0 Å². The minimum absolute atomic E-state index is 0.171. The molecule has 2 aliphatic rings. The summed E-state index contributed by atoms with van der Waals surface area (Å²) >= 11 is 0. The lowest BCUT2D eigenvalue weighted by atomic mass is 9.96. The van der Waals surface area contributed by atoms with Crippen molar-refractivity contribution in [3.05, 3.63) is 0 Å². The van der Waals surface area contributed by atoms with E-state index in [1.807, 2.05) is 0 Å². The van der Waals surface area contributed by atoms with Gasteiger partial charge in [-0.1, -0.05) is 0 Å². The van der Waals surface area contributed by atoms with E-state index in [-0.39, 0.29) is 5.54 Å². The Kier molecular flexibility index (Phi) is 2.86. The van der Waals surface area contributed by atoms with E-state index < -0.39 is 9.84 Å². The highest BCUT2D eigenvalue weighted by Gasteiger charge is 2.55. The van der Waals surface area contributed by atoms with Crippen molar-refractivity contribution in [2.24, 2.45) is 11.3 Å². The molecule has 1 atom stereocenters. The number of hydrogen-bond donors (Lipinski definition) is 1. The molecule has 0 aromatic heterocycles. The molecule has 1 N–H and O–H groups in total. The van der Waals surface area contributed by atoms with Crippen LogP contribution in [0.3, 0.4) is 0 Å². The van der Waals surface area contributed by atoms with Crippen LogP contribution >= 0.6 is 0 Å². The van der Waals surface area contributed by atoms with Gasteiger partial charge in [0.05, 0.1) is 11.5 Å². The predicted octanol–water partition coefficient (Wildman–Crippen LogP) is 1.59. The van der Waals surface area contributed by atoms with Crippen molar-refractivity contribution in [1.29, 1.82) is 0 Å². The minimum Gasteiger partial charge on any atom is -0.312 e. The fourth-order valence-corrected chi connectivity index (χ4v) is 4.35. The van der Waals surface area contributed by atoms with Gasteiger partial charge in [0.1, 0.15) is 9.84 Å². The summed E-state index contributed by atoms with van der Waals surface area (Å²) < 4.78 is 22.7. The van der Waals surface area contributed by atoms with E-state index in [2.05, 4.69) is 26.1 Å². The van der Waals surface area contributed by atoms with E-state index in [0.717, 1.165) is 19.4 Å². The lowest BCUT2D eigenvalue weighted by molar-refractivity contribution is 0.357. The van der Waals surface area contributed by atoms with Gasteiger partial charge in [-0.2, -0.15) is 0 Å². The van der Waals surface area contributed by atoms with Crippen molar-refractivity contribution in [3.8, 4) is 0 Å². The molecule has 4 heteroatoms. The normalized spacial score (nSPS) is 31.6. The Balaban J connectivity index is 1.83. The summed E-state index contributed by atoms with van der Waals surface area (Å²) in [6.45, 7) is 7.57. The maximum Gasteiger partial charge on any atom is 0.150 e. The van der Waals surface area contributed by atoms with E-state index in [0.29, 0.717) is 22.8 Å². The smallest absolute Gasteiger partial charge is 0.150 e. The van der Waals surface area contributed by atoms with Crippen molar-refractivity contribution in [2.45, 2.75) is 45.6 Å². The number of nitrogens with one attached hydrogen (secondary N) is 1. The zero-order valence-corrected chi connectivity index (χ0v) is 11.4. The summed E-state index contributed by atoms with van der Waals surface area (Å²) in [6, 6.07) is 0. The summed E-state index contributed by atoms with van der Waals surface area (Å²) in [5.41, 5.74) is 0.550. The minimum atomic E-state index is -2.70. The highest BCUT2D eigenvalue weighted by Crippen LogP contribution is 2.59. The SMILES string of the molecule is CC(C)(C)NCC1CC12CCS(=O)(=O)CC2. The molecule has 1 aliphatic heterocycles. The number of sulfone groups is 1. The van der Waals surface area contributed by atoms with E-state index in [1.165, 1.54) is 6.42 Å². The van der Waals surface area contributed by atoms with E-state index in [4.69, 9.17) is 0 Å². The standard InChI is InChI=1S/C12H23NO2S/c1-11(2,3)13-9-10-8-12(10)4-6-16(14,15)7-5-12/h10,13H,4-9H2,1-3H3. The average molecular weight is 245 g/mol. The second-order valence-electron chi connectivity index (χ2n) is 6.55. The molecule has 1 spiro atoms. The van der Waals surface area contributed by atoms with Crippen LogP contribution in [0, 0.1) is 11.3 Å². The van der Waals surface area contributed by atoms with Crippen molar-refractivity contribution < 1.29 is 8.42 Å². The summed E-state index contributed by atoms with van der Waals surface area (Å²) in [4.78, 5) is 0. The highest BCUT2D eigenvalue weighted by molar-refractivity contribution is 7.91. The molecule has 1 heterocycles. The molecule has 1 aliphatic carbocycles. The maximum atomic E-state index is 11.4. The molecule has 1 saturated heterocycles. The van der Waals surface area contributed by atoms with Gasteiger partial charge in [-0.05, 0) is 57.9 Å². The monoisotopic (exact) mass is 245 g/mol. The van der Waals surface area contributed by atoms with Crippen LogP contribution in [-0.2, 0) is 9.84 Å². The molecule has 0 amide bonds. The lowest BCUT2D eigenvalue weighted by Crippen LogP contribution is -2.38. The van der Waals surface area contributed by atoms with Crippen molar-refractivity contribution in [3.63, 3.8) is 0 Å². The Labute approximate surface area is 98.9 Å². The van der Waals surface area contributed by atoms with E-state index in [9.17, 15) is 8.42 Å². The molecule has 0 radical (unpaired) electrons. The third kappa shape index (κ3) is 2.77. The molecule has 16 heavy (non-hydrogen) atoms. The van der Waals surface area contributed by atoms with Gasteiger partial charge in [-0.3, -0.25) is 0 Å². The van der Waals surface area contributed by atoms with Gasteiger partial charge in [0.15, 0.2) is 0 Å². The predicted molar refractivity (Wildman–Crippen MR) is 66.2 cm³/mol.